The molecule has 2 amide bonds. The number of amides is 2. The number of carbonyl (C=O) groups excluding carboxylic acids is 2. The third-order valence-corrected chi connectivity index (χ3v) is 6.64. The van der Waals surface area contributed by atoms with Crippen molar-refractivity contribution in [2.45, 2.75) is 4.90 Å². The van der Waals surface area contributed by atoms with E-state index in [0.717, 1.165) is 0 Å². The molecule has 1 aliphatic heterocycles. The van der Waals surface area contributed by atoms with Gasteiger partial charge in [0.25, 0.3) is 11.8 Å². The van der Waals surface area contributed by atoms with Crippen LogP contribution in [0.3, 0.4) is 0 Å². The maximum atomic E-state index is 12.9. The maximum absolute atomic E-state index is 12.9. The standard InChI is InChI=1S/C21H25N3O7S/c1-22-21(26)15-4-3-5-16(12-15)31-14-20(25)23-18-13-17(6-7-19(18)29-2)32(27,28)24-8-10-30-11-9-24/h3-7,12-13H,8-11,14H2,1-2H3,(H,22,26)(H,23,25). The molecule has 10 nitrogen and oxygen atoms in total. The molecule has 0 spiro atoms. The molecule has 0 aromatic heterocycles. The molecule has 0 atom stereocenters. The summed E-state index contributed by atoms with van der Waals surface area (Å²) < 4.78 is 43.1. The molecule has 1 heterocycles. The number of ether oxygens (including phenoxy) is 3. The highest BCUT2D eigenvalue weighted by atomic mass is 32.2. The summed E-state index contributed by atoms with van der Waals surface area (Å²) in [6, 6.07) is 10.7. The van der Waals surface area contributed by atoms with Crippen LogP contribution in [-0.2, 0) is 19.6 Å². The van der Waals surface area contributed by atoms with Gasteiger partial charge < -0.3 is 24.8 Å². The Kier molecular flexibility index (Phi) is 7.67. The number of benzene rings is 2. The molecule has 2 N–H and O–H groups in total. The lowest BCUT2D eigenvalue weighted by molar-refractivity contribution is -0.118. The predicted molar refractivity (Wildman–Crippen MR) is 117 cm³/mol. The lowest BCUT2D eigenvalue weighted by Crippen LogP contribution is -2.40. The number of sulfonamides is 1. The van der Waals surface area contributed by atoms with Gasteiger partial charge in [-0.2, -0.15) is 4.31 Å². The summed E-state index contributed by atoms with van der Waals surface area (Å²) in [5.41, 5.74) is 0.600. The first-order valence-electron chi connectivity index (χ1n) is 9.86. The van der Waals surface area contributed by atoms with E-state index in [0.29, 0.717) is 30.3 Å². The van der Waals surface area contributed by atoms with Gasteiger partial charge >= 0.3 is 0 Å². The Morgan fingerprint density at radius 3 is 2.56 bits per heavy atom. The average molecular weight is 464 g/mol. The van der Waals surface area contributed by atoms with E-state index in [1.807, 2.05) is 0 Å². The van der Waals surface area contributed by atoms with Gasteiger partial charge in [-0.25, -0.2) is 8.42 Å². The smallest absolute Gasteiger partial charge is 0.262 e. The molecule has 0 radical (unpaired) electrons. The van der Waals surface area contributed by atoms with E-state index in [9.17, 15) is 18.0 Å². The number of nitrogens with zero attached hydrogens (tertiary/aromatic N) is 1. The number of rotatable bonds is 8. The summed E-state index contributed by atoms with van der Waals surface area (Å²) in [4.78, 5) is 24.2. The second-order valence-electron chi connectivity index (χ2n) is 6.82. The van der Waals surface area contributed by atoms with Crippen molar-refractivity contribution in [3.63, 3.8) is 0 Å². The monoisotopic (exact) mass is 463 g/mol. The molecule has 0 aliphatic carbocycles. The van der Waals surface area contributed by atoms with E-state index in [4.69, 9.17) is 14.2 Å². The zero-order valence-electron chi connectivity index (χ0n) is 17.8. The van der Waals surface area contributed by atoms with Crippen LogP contribution in [0.15, 0.2) is 47.4 Å². The Bertz CT molecular complexity index is 1080. The molecule has 1 aliphatic rings. The van der Waals surface area contributed by atoms with Crippen molar-refractivity contribution in [2.24, 2.45) is 0 Å². The summed E-state index contributed by atoms with van der Waals surface area (Å²) in [5, 5.41) is 5.13. The van der Waals surface area contributed by atoms with Crippen LogP contribution in [-0.4, -0.2) is 71.6 Å². The first-order chi connectivity index (χ1) is 15.3. The molecule has 172 valence electrons. The largest absolute Gasteiger partial charge is 0.495 e. The van der Waals surface area contributed by atoms with Gasteiger partial charge in [0, 0.05) is 25.7 Å². The molecule has 2 aromatic rings. The number of morpholine rings is 1. The maximum Gasteiger partial charge on any atom is 0.262 e. The van der Waals surface area contributed by atoms with Crippen molar-refractivity contribution in [2.75, 3.05) is 52.4 Å². The van der Waals surface area contributed by atoms with Gasteiger partial charge in [-0.3, -0.25) is 9.59 Å². The number of carbonyl (C=O) groups is 2. The molecular weight excluding hydrogens is 438 g/mol. The van der Waals surface area contributed by atoms with Crippen molar-refractivity contribution >= 4 is 27.5 Å². The van der Waals surface area contributed by atoms with Crippen LogP contribution in [0, 0.1) is 0 Å². The molecule has 0 bridgehead atoms. The molecule has 0 unspecified atom stereocenters. The van der Waals surface area contributed by atoms with Crippen molar-refractivity contribution < 1.29 is 32.2 Å². The van der Waals surface area contributed by atoms with Crippen LogP contribution in [0.4, 0.5) is 5.69 Å². The Morgan fingerprint density at radius 2 is 1.88 bits per heavy atom. The predicted octanol–water partition coefficient (Wildman–Crippen LogP) is 1.09. The van der Waals surface area contributed by atoms with Gasteiger partial charge in [0.2, 0.25) is 10.0 Å². The van der Waals surface area contributed by atoms with Crippen molar-refractivity contribution in [3.05, 3.63) is 48.0 Å². The third kappa shape index (κ3) is 5.55. The highest BCUT2D eigenvalue weighted by Gasteiger charge is 2.27. The van der Waals surface area contributed by atoms with E-state index < -0.39 is 15.9 Å². The zero-order valence-corrected chi connectivity index (χ0v) is 18.6. The lowest BCUT2D eigenvalue weighted by atomic mass is 10.2. The van der Waals surface area contributed by atoms with Gasteiger partial charge in [0.05, 0.1) is 30.9 Å². The minimum Gasteiger partial charge on any atom is -0.495 e. The van der Waals surface area contributed by atoms with E-state index in [1.54, 1.807) is 18.2 Å². The number of methoxy groups -OCH3 is 1. The van der Waals surface area contributed by atoms with Gasteiger partial charge in [0.15, 0.2) is 6.61 Å². The van der Waals surface area contributed by atoms with Gasteiger partial charge in [0.1, 0.15) is 11.5 Å². The van der Waals surface area contributed by atoms with Crippen LogP contribution >= 0.6 is 0 Å². The minimum absolute atomic E-state index is 0.0368. The number of nitrogens with one attached hydrogen (secondary N) is 2. The molecule has 1 saturated heterocycles. The number of hydrogen-bond acceptors (Lipinski definition) is 7. The lowest BCUT2D eigenvalue weighted by Gasteiger charge is -2.26. The fourth-order valence-corrected chi connectivity index (χ4v) is 4.52. The molecule has 3 rings (SSSR count). The first kappa shape index (κ1) is 23.5. The van der Waals surface area contributed by atoms with Crippen LogP contribution in [0.5, 0.6) is 11.5 Å². The van der Waals surface area contributed by atoms with Crippen LogP contribution in [0.1, 0.15) is 10.4 Å². The second kappa shape index (κ2) is 10.4. The fraction of sp³-hybridized carbons (Fsp3) is 0.333. The van der Waals surface area contributed by atoms with Crippen LogP contribution < -0.4 is 20.1 Å². The SMILES string of the molecule is CNC(=O)c1cccc(OCC(=O)Nc2cc(S(=O)(=O)N3CCOCC3)ccc2OC)c1. The van der Waals surface area contributed by atoms with Gasteiger partial charge in [-0.1, -0.05) is 6.07 Å². The number of hydrogen-bond donors (Lipinski definition) is 2. The van der Waals surface area contributed by atoms with Gasteiger partial charge in [-0.05, 0) is 36.4 Å². The Morgan fingerprint density at radius 1 is 1.12 bits per heavy atom. The first-order valence-corrected chi connectivity index (χ1v) is 11.3. The summed E-state index contributed by atoms with van der Waals surface area (Å²) in [6.45, 7) is 0.841. The Hall–Kier alpha value is -3.15. The summed E-state index contributed by atoms with van der Waals surface area (Å²) in [5.74, 6) is -0.143. The van der Waals surface area contributed by atoms with Crippen LogP contribution in [0.25, 0.3) is 0 Å². The van der Waals surface area contributed by atoms with Gasteiger partial charge in [-0.15, -0.1) is 0 Å². The topological polar surface area (TPSA) is 123 Å². The van der Waals surface area contributed by atoms with E-state index in [1.165, 1.54) is 42.7 Å². The van der Waals surface area contributed by atoms with Crippen LogP contribution in [0.2, 0.25) is 0 Å². The molecule has 32 heavy (non-hydrogen) atoms. The van der Waals surface area contributed by atoms with E-state index in [2.05, 4.69) is 10.6 Å². The normalized spacial score (nSPS) is 14.4. The minimum atomic E-state index is -3.74. The zero-order chi connectivity index (χ0) is 23.1. The summed E-state index contributed by atoms with van der Waals surface area (Å²) >= 11 is 0. The highest BCUT2D eigenvalue weighted by Crippen LogP contribution is 2.29. The molecular formula is C21H25N3O7S. The molecule has 1 fully saturated rings. The Balaban J connectivity index is 1.71. The van der Waals surface area contributed by atoms with Crippen molar-refractivity contribution in [3.8, 4) is 11.5 Å². The number of anilines is 1. The van der Waals surface area contributed by atoms with Crippen molar-refractivity contribution in [1.82, 2.24) is 9.62 Å². The van der Waals surface area contributed by atoms with E-state index in [-0.39, 0.29) is 36.2 Å². The Labute approximate surface area is 186 Å². The average Bonchev–Trinajstić information content (AvgIpc) is 2.83. The second-order valence-corrected chi connectivity index (χ2v) is 8.76. The van der Waals surface area contributed by atoms with Crippen molar-refractivity contribution in [1.29, 1.82) is 0 Å². The third-order valence-electron chi connectivity index (χ3n) is 4.75. The fourth-order valence-electron chi connectivity index (χ4n) is 3.09. The summed E-state index contributed by atoms with van der Waals surface area (Å²) in [6.07, 6.45) is 0. The molecule has 0 saturated carbocycles. The van der Waals surface area contributed by atoms with E-state index >= 15 is 0 Å². The highest BCUT2D eigenvalue weighted by molar-refractivity contribution is 7.89. The quantitative estimate of drug-likeness (QED) is 0.601. The molecule has 2 aromatic carbocycles. The summed E-state index contributed by atoms with van der Waals surface area (Å²) in [7, 11) is -0.802. The molecule has 11 heteroatoms.